The minimum absolute atomic E-state index is 0.0604. The molecule has 3 N–H and O–H groups in total. The lowest BCUT2D eigenvalue weighted by molar-refractivity contribution is -0.122. The molecule has 0 unspecified atom stereocenters. The average molecular weight is 377 g/mol. The van der Waals surface area contributed by atoms with Gasteiger partial charge in [-0.25, -0.2) is 4.79 Å². The maximum absolute atomic E-state index is 12.5. The highest BCUT2D eigenvalue weighted by Gasteiger charge is 2.38. The van der Waals surface area contributed by atoms with Crippen molar-refractivity contribution in [3.63, 3.8) is 0 Å². The minimum atomic E-state index is -0.604. The maximum atomic E-state index is 12.5. The number of urea groups is 1. The van der Waals surface area contributed by atoms with Crippen LogP contribution in [0, 0.1) is 12.8 Å². The van der Waals surface area contributed by atoms with Crippen LogP contribution in [0.25, 0.3) is 0 Å². The van der Waals surface area contributed by atoms with Crippen LogP contribution in [0.3, 0.4) is 0 Å². The first kappa shape index (κ1) is 19.6. The van der Waals surface area contributed by atoms with Crippen molar-refractivity contribution in [3.8, 4) is 0 Å². The number of nitrogens with zero attached hydrogens (tertiary/aromatic N) is 2. The van der Waals surface area contributed by atoms with Gasteiger partial charge < -0.3 is 20.5 Å². The highest BCUT2D eigenvalue weighted by Crippen LogP contribution is 2.34. The van der Waals surface area contributed by atoms with Gasteiger partial charge in [-0.15, -0.1) is 0 Å². The van der Waals surface area contributed by atoms with Gasteiger partial charge in [0, 0.05) is 13.5 Å². The zero-order valence-electron chi connectivity index (χ0n) is 16.2. The number of rotatable bonds is 6. The number of amides is 3. The predicted molar refractivity (Wildman–Crippen MR) is 99.9 cm³/mol. The number of aromatic nitrogens is 2. The zero-order chi connectivity index (χ0) is 19.1. The fraction of sp³-hybridized carbons (Fsp3) is 0.789. The molecule has 2 aliphatic carbocycles. The molecule has 1 heterocycles. The van der Waals surface area contributed by atoms with Crippen LogP contribution in [0.1, 0.15) is 75.9 Å². The second-order valence-electron chi connectivity index (χ2n) is 7.90. The van der Waals surface area contributed by atoms with Crippen molar-refractivity contribution in [2.24, 2.45) is 5.92 Å². The Labute approximate surface area is 160 Å². The molecule has 0 saturated heterocycles. The molecule has 1 aromatic heterocycles. The topological polar surface area (TPSA) is 109 Å². The van der Waals surface area contributed by atoms with Crippen LogP contribution in [0.2, 0.25) is 0 Å². The van der Waals surface area contributed by atoms with Gasteiger partial charge in [0.2, 0.25) is 11.8 Å². The van der Waals surface area contributed by atoms with Gasteiger partial charge in [-0.05, 0) is 31.6 Å². The molecule has 0 bridgehead atoms. The Morgan fingerprint density at radius 3 is 2.41 bits per heavy atom. The van der Waals surface area contributed by atoms with Gasteiger partial charge in [-0.1, -0.05) is 43.7 Å². The number of hydrogen-bond acceptors (Lipinski definition) is 5. The summed E-state index contributed by atoms with van der Waals surface area (Å²) in [7, 11) is 0. The lowest BCUT2D eigenvalue weighted by Gasteiger charge is -2.30. The normalized spacial score (nSPS) is 20.0. The monoisotopic (exact) mass is 377 g/mol. The highest BCUT2D eigenvalue weighted by molar-refractivity contribution is 5.84. The summed E-state index contributed by atoms with van der Waals surface area (Å²) < 4.78 is 5.15. The highest BCUT2D eigenvalue weighted by atomic mass is 16.5. The van der Waals surface area contributed by atoms with Gasteiger partial charge in [0.05, 0.1) is 6.54 Å². The quantitative estimate of drug-likeness (QED) is 0.660. The molecule has 0 atom stereocenters. The Kier molecular flexibility index (Phi) is 6.68. The second kappa shape index (κ2) is 9.19. The smallest absolute Gasteiger partial charge is 0.315 e. The lowest BCUT2D eigenvalue weighted by Crippen LogP contribution is -2.51. The lowest BCUT2D eigenvalue weighted by atomic mass is 9.89. The van der Waals surface area contributed by atoms with Crippen LogP contribution in [0.5, 0.6) is 0 Å². The first-order chi connectivity index (χ1) is 13.1. The van der Waals surface area contributed by atoms with E-state index in [2.05, 4.69) is 26.1 Å². The fourth-order valence-electron chi connectivity index (χ4n) is 4.22. The first-order valence-electron chi connectivity index (χ1n) is 10.2. The van der Waals surface area contributed by atoms with E-state index in [1.807, 2.05) is 0 Å². The van der Waals surface area contributed by atoms with Crippen molar-refractivity contribution in [2.45, 2.75) is 76.7 Å². The summed E-state index contributed by atoms with van der Waals surface area (Å²) in [4.78, 5) is 28.9. The van der Waals surface area contributed by atoms with E-state index in [9.17, 15) is 9.59 Å². The van der Waals surface area contributed by atoms with Gasteiger partial charge >= 0.3 is 6.03 Å². The Morgan fingerprint density at radius 2 is 1.78 bits per heavy atom. The number of aryl methyl sites for hydroxylation is 1. The molecule has 8 nitrogen and oxygen atoms in total. The molecule has 0 aliphatic heterocycles. The van der Waals surface area contributed by atoms with Gasteiger partial charge in [0.1, 0.15) is 5.54 Å². The van der Waals surface area contributed by atoms with Gasteiger partial charge in [0.15, 0.2) is 5.82 Å². The van der Waals surface area contributed by atoms with E-state index in [-0.39, 0.29) is 18.5 Å². The number of hydrogen-bond donors (Lipinski definition) is 3. The molecule has 3 rings (SSSR count). The van der Waals surface area contributed by atoms with Gasteiger partial charge in [-0.2, -0.15) is 4.98 Å². The SMILES string of the molecule is Cc1nc(C2(NC(=O)CNC(=O)NCC3CCCC3)CCCCCC2)no1. The Morgan fingerprint density at radius 1 is 1.07 bits per heavy atom. The largest absolute Gasteiger partial charge is 0.342 e. The summed E-state index contributed by atoms with van der Waals surface area (Å²) in [5, 5.41) is 12.7. The zero-order valence-corrected chi connectivity index (χ0v) is 16.2. The fourth-order valence-corrected chi connectivity index (χ4v) is 4.22. The van der Waals surface area contributed by atoms with E-state index in [1.54, 1.807) is 6.92 Å². The Hall–Kier alpha value is -2.12. The molecule has 27 heavy (non-hydrogen) atoms. The average Bonchev–Trinajstić information content (AvgIpc) is 3.27. The third-order valence-corrected chi connectivity index (χ3v) is 5.73. The summed E-state index contributed by atoms with van der Waals surface area (Å²) in [5.74, 6) is 1.38. The Bertz CT molecular complexity index is 631. The molecule has 2 saturated carbocycles. The van der Waals surface area contributed by atoms with Gasteiger partial charge in [0.25, 0.3) is 0 Å². The van der Waals surface area contributed by atoms with Crippen molar-refractivity contribution in [3.05, 3.63) is 11.7 Å². The van der Waals surface area contributed by atoms with Crippen molar-refractivity contribution in [1.29, 1.82) is 0 Å². The van der Waals surface area contributed by atoms with E-state index in [4.69, 9.17) is 4.52 Å². The third-order valence-electron chi connectivity index (χ3n) is 5.73. The number of nitrogens with one attached hydrogen (secondary N) is 3. The number of carbonyl (C=O) groups excluding carboxylic acids is 2. The van der Waals surface area contributed by atoms with Gasteiger partial charge in [-0.3, -0.25) is 4.79 Å². The molecule has 8 heteroatoms. The Balaban J connectivity index is 1.52. The maximum Gasteiger partial charge on any atom is 0.315 e. The summed E-state index contributed by atoms with van der Waals surface area (Å²) in [5.41, 5.74) is -0.604. The van der Waals surface area contributed by atoms with Crippen molar-refractivity contribution < 1.29 is 14.1 Å². The van der Waals surface area contributed by atoms with E-state index in [1.165, 1.54) is 25.7 Å². The van der Waals surface area contributed by atoms with Crippen LogP contribution in [0.4, 0.5) is 4.79 Å². The van der Waals surface area contributed by atoms with E-state index < -0.39 is 5.54 Å². The molecule has 0 radical (unpaired) electrons. The number of carbonyl (C=O) groups is 2. The van der Waals surface area contributed by atoms with Crippen molar-refractivity contribution >= 4 is 11.9 Å². The second-order valence-corrected chi connectivity index (χ2v) is 7.90. The summed E-state index contributed by atoms with van der Waals surface area (Å²) >= 11 is 0. The first-order valence-corrected chi connectivity index (χ1v) is 10.2. The standard InChI is InChI=1S/C19H31N5O3/c1-14-22-17(24-27-14)19(10-6-2-3-7-11-19)23-16(25)13-21-18(26)20-12-15-8-4-5-9-15/h15H,2-13H2,1H3,(H,23,25)(H2,20,21,26). The summed E-state index contributed by atoms with van der Waals surface area (Å²) in [6.07, 6.45) is 10.7. The summed E-state index contributed by atoms with van der Waals surface area (Å²) in [6.45, 7) is 2.37. The minimum Gasteiger partial charge on any atom is -0.342 e. The third kappa shape index (κ3) is 5.43. The van der Waals surface area contributed by atoms with Crippen molar-refractivity contribution in [1.82, 2.24) is 26.1 Å². The van der Waals surface area contributed by atoms with Crippen LogP contribution < -0.4 is 16.0 Å². The van der Waals surface area contributed by atoms with Crippen LogP contribution in [0.15, 0.2) is 4.52 Å². The molecule has 0 spiro atoms. The van der Waals surface area contributed by atoms with E-state index >= 15 is 0 Å². The molecule has 150 valence electrons. The summed E-state index contributed by atoms with van der Waals surface area (Å²) in [6, 6.07) is -0.289. The molecular weight excluding hydrogens is 346 g/mol. The van der Waals surface area contributed by atoms with Crippen molar-refractivity contribution in [2.75, 3.05) is 13.1 Å². The molecule has 2 fully saturated rings. The van der Waals surface area contributed by atoms with Crippen LogP contribution >= 0.6 is 0 Å². The van der Waals surface area contributed by atoms with Crippen LogP contribution in [-0.4, -0.2) is 35.2 Å². The predicted octanol–water partition coefficient (Wildman–Crippen LogP) is 2.53. The van der Waals surface area contributed by atoms with Crippen LogP contribution in [-0.2, 0) is 10.3 Å². The molecule has 3 amide bonds. The molecule has 1 aromatic rings. The van der Waals surface area contributed by atoms with E-state index in [0.29, 0.717) is 24.2 Å². The molecular formula is C19H31N5O3. The van der Waals surface area contributed by atoms with E-state index in [0.717, 1.165) is 38.5 Å². The molecule has 0 aromatic carbocycles. The molecule has 2 aliphatic rings.